The summed E-state index contributed by atoms with van der Waals surface area (Å²) in [6.07, 6.45) is 2.62. The van der Waals surface area contributed by atoms with Crippen LogP contribution in [0.5, 0.6) is 0 Å². The van der Waals surface area contributed by atoms with E-state index in [1.54, 1.807) is 0 Å². The minimum absolute atomic E-state index is 0.156. The molecule has 4 nitrogen and oxygen atoms in total. The number of furan rings is 2. The Morgan fingerprint density at radius 3 is 1.54 bits per heavy atom. The van der Waals surface area contributed by atoms with Crippen LogP contribution in [0.3, 0.4) is 0 Å². The van der Waals surface area contributed by atoms with E-state index in [1.165, 1.54) is 56.7 Å². The standard InChI is InChI=1S/C44H48N2O2/c1-25-12-26(2)22-45(21-25)33-10-8-29-16-35-36-20-40-41(42(44(5,6)7)43(36)48-38(35)18-31(29)14-33)37-17-30-9-11-34(15-32(30)19-39(37)47-40)46-23-27(3)13-28(4)24-46/h8-11,14-20,25-28H,12-13,21-24H2,1-7H3. The van der Waals surface area contributed by atoms with Gasteiger partial charge in [-0.15, -0.1) is 0 Å². The third-order valence-electron chi connectivity index (χ3n) is 11.3. The lowest BCUT2D eigenvalue weighted by molar-refractivity contribution is 0.357. The number of benzene rings is 5. The number of anilines is 2. The van der Waals surface area contributed by atoms with Crippen molar-refractivity contribution >= 4 is 76.8 Å². The smallest absolute Gasteiger partial charge is 0.140 e. The Morgan fingerprint density at radius 1 is 0.521 bits per heavy atom. The Kier molecular flexibility index (Phi) is 6.64. The summed E-state index contributed by atoms with van der Waals surface area (Å²) < 4.78 is 13.7. The van der Waals surface area contributed by atoms with Crippen molar-refractivity contribution in [3.05, 3.63) is 72.3 Å². The number of rotatable bonds is 2. The van der Waals surface area contributed by atoms with Crippen molar-refractivity contribution in [3.8, 4) is 0 Å². The van der Waals surface area contributed by atoms with E-state index in [1.807, 2.05) is 0 Å². The quantitative estimate of drug-likeness (QED) is 0.189. The maximum absolute atomic E-state index is 6.89. The summed E-state index contributed by atoms with van der Waals surface area (Å²) in [7, 11) is 0. The Bertz CT molecular complexity index is 2320. The summed E-state index contributed by atoms with van der Waals surface area (Å²) in [6.45, 7) is 20.9. The van der Waals surface area contributed by atoms with Crippen molar-refractivity contribution in [3.63, 3.8) is 0 Å². The molecule has 4 heteroatoms. The molecule has 0 saturated carbocycles. The van der Waals surface area contributed by atoms with Gasteiger partial charge in [0.25, 0.3) is 0 Å². The third-order valence-corrected chi connectivity index (χ3v) is 11.3. The summed E-state index contributed by atoms with van der Waals surface area (Å²) in [5, 5.41) is 9.58. The molecule has 0 aliphatic carbocycles. The lowest BCUT2D eigenvalue weighted by Crippen LogP contribution is -2.38. The van der Waals surface area contributed by atoms with Crippen LogP contribution in [0.4, 0.5) is 11.4 Å². The van der Waals surface area contributed by atoms with Gasteiger partial charge in [0.05, 0.1) is 0 Å². The second-order valence-electron chi connectivity index (χ2n) is 16.9. The summed E-state index contributed by atoms with van der Waals surface area (Å²) in [5.74, 6) is 2.87. The Hall–Kier alpha value is -4.18. The van der Waals surface area contributed by atoms with E-state index in [9.17, 15) is 0 Å². The Morgan fingerprint density at radius 2 is 1.02 bits per heavy atom. The van der Waals surface area contributed by atoms with Gasteiger partial charge in [-0.2, -0.15) is 0 Å². The highest BCUT2D eigenvalue weighted by molar-refractivity contribution is 6.20. The first-order valence-electron chi connectivity index (χ1n) is 18.2. The van der Waals surface area contributed by atoms with E-state index in [0.717, 1.165) is 88.3 Å². The average Bonchev–Trinajstić information content (AvgIpc) is 3.55. The predicted molar refractivity (Wildman–Crippen MR) is 205 cm³/mol. The lowest BCUT2D eigenvalue weighted by atomic mass is 9.82. The van der Waals surface area contributed by atoms with E-state index in [-0.39, 0.29) is 5.41 Å². The maximum atomic E-state index is 6.89. The van der Waals surface area contributed by atoms with Gasteiger partial charge in [-0.05, 0) is 118 Å². The highest BCUT2D eigenvalue weighted by atomic mass is 16.3. The number of piperidine rings is 2. The van der Waals surface area contributed by atoms with Gasteiger partial charge in [-0.25, -0.2) is 0 Å². The van der Waals surface area contributed by atoms with Gasteiger partial charge in [-0.3, -0.25) is 0 Å². The predicted octanol–water partition coefficient (Wildman–Crippen LogP) is 12.1. The zero-order valence-corrected chi connectivity index (χ0v) is 29.6. The molecule has 246 valence electrons. The van der Waals surface area contributed by atoms with Crippen molar-refractivity contribution < 1.29 is 8.83 Å². The highest BCUT2D eigenvalue weighted by Gasteiger charge is 2.29. The SMILES string of the molecule is CC1CC(C)CN(c2ccc3cc4c(cc3c2)oc2c(C(C)(C)C)c3c(cc24)oc2cc4cc(N5CC(C)CC(C)C5)ccc4cc23)C1. The van der Waals surface area contributed by atoms with Crippen LogP contribution in [0, 0.1) is 23.7 Å². The number of hydrogen-bond acceptors (Lipinski definition) is 4. The molecular weight excluding hydrogens is 588 g/mol. The lowest BCUT2D eigenvalue weighted by Gasteiger charge is -2.36. The minimum Gasteiger partial charge on any atom is -0.456 e. The fraction of sp³-hybridized carbons (Fsp3) is 0.409. The van der Waals surface area contributed by atoms with Crippen LogP contribution in [0.1, 0.15) is 66.9 Å². The van der Waals surface area contributed by atoms with E-state index in [0.29, 0.717) is 0 Å². The van der Waals surface area contributed by atoms with Gasteiger partial charge in [0, 0.05) is 64.7 Å². The minimum atomic E-state index is -0.156. The van der Waals surface area contributed by atoms with Crippen LogP contribution >= 0.6 is 0 Å². The van der Waals surface area contributed by atoms with Crippen LogP contribution in [0.2, 0.25) is 0 Å². The first-order chi connectivity index (χ1) is 23.0. The van der Waals surface area contributed by atoms with Crippen LogP contribution in [-0.4, -0.2) is 26.2 Å². The molecular formula is C44H48N2O2. The molecule has 48 heavy (non-hydrogen) atoms. The summed E-state index contributed by atoms with van der Waals surface area (Å²) in [5.41, 5.74) is 7.49. The summed E-state index contributed by atoms with van der Waals surface area (Å²) in [4.78, 5) is 5.13. The largest absolute Gasteiger partial charge is 0.456 e. The first-order valence-corrected chi connectivity index (χ1v) is 18.2. The molecule has 2 fully saturated rings. The van der Waals surface area contributed by atoms with Gasteiger partial charge in [-0.1, -0.05) is 60.6 Å². The molecule has 9 rings (SSSR count). The molecule has 4 unspecified atom stereocenters. The Labute approximate surface area is 283 Å². The molecule has 2 saturated heterocycles. The fourth-order valence-electron chi connectivity index (χ4n) is 9.48. The van der Waals surface area contributed by atoms with Crippen molar-refractivity contribution in [2.24, 2.45) is 23.7 Å². The van der Waals surface area contributed by atoms with Gasteiger partial charge >= 0.3 is 0 Å². The van der Waals surface area contributed by atoms with E-state index >= 15 is 0 Å². The van der Waals surface area contributed by atoms with Crippen molar-refractivity contribution in [2.75, 3.05) is 36.0 Å². The molecule has 0 radical (unpaired) electrons. The molecule has 5 aromatic carbocycles. The molecule has 2 aliphatic rings. The number of fused-ring (bicyclic) bond motifs is 8. The van der Waals surface area contributed by atoms with Crippen LogP contribution < -0.4 is 9.80 Å². The van der Waals surface area contributed by atoms with Crippen molar-refractivity contribution in [2.45, 2.75) is 66.7 Å². The second-order valence-corrected chi connectivity index (χ2v) is 16.9. The third kappa shape index (κ3) is 4.85. The molecule has 0 N–H and O–H groups in total. The fourth-order valence-corrected chi connectivity index (χ4v) is 9.48. The molecule has 2 aromatic heterocycles. The van der Waals surface area contributed by atoms with Gasteiger partial charge in [0.15, 0.2) is 0 Å². The maximum Gasteiger partial charge on any atom is 0.140 e. The van der Waals surface area contributed by atoms with E-state index in [4.69, 9.17) is 8.83 Å². The molecule has 0 amide bonds. The van der Waals surface area contributed by atoms with E-state index in [2.05, 4.69) is 125 Å². The number of hydrogen-bond donors (Lipinski definition) is 0. The van der Waals surface area contributed by atoms with E-state index < -0.39 is 0 Å². The van der Waals surface area contributed by atoms with Crippen LogP contribution in [-0.2, 0) is 5.41 Å². The zero-order valence-electron chi connectivity index (χ0n) is 29.6. The van der Waals surface area contributed by atoms with Crippen LogP contribution in [0.15, 0.2) is 75.6 Å². The van der Waals surface area contributed by atoms with Crippen molar-refractivity contribution in [1.82, 2.24) is 0 Å². The highest BCUT2D eigenvalue weighted by Crippen LogP contribution is 2.46. The second kappa shape index (κ2) is 10.7. The molecule has 2 aliphatic heterocycles. The molecule has 7 aromatic rings. The average molecular weight is 637 g/mol. The molecule has 4 heterocycles. The normalized spacial score (nSPS) is 22.7. The molecule has 0 spiro atoms. The molecule has 4 atom stereocenters. The van der Waals surface area contributed by atoms with Gasteiger partial charge < -0.3 is 18.6 Å². The van der Waals surface area contributed by atoms with Gasteiger partial charge in [0.1, 0.15) is 22.3 Å². The first kappa shape index (κ1) is 29.9. The summed E-state index contributed by atoms with van der Waals surface area (Å²) >= 11 is 0. The topological polar surface area (TPSA) is 32.8 Å². The summed E-state index contributed by atoms with van der Waals surface area (Å²) in [6, 6.07) is 25.3. The number of nitrogens with zero attached hydrogens (tertiary/aromatic N) is 2. The van der Waals surface area contributed by atoms with Crippen LogP contribution in [0.25, 0.3) is 65.4 Å². The Balaban J connectivity index is 1.20. The molecule has 0 bridgehead atoms. The zero-order chi connectivity index (χ0) is 33.1. The van der Waals surface area contributed by atoms with Crippen molar-refractivity contribution in [1.29, 1.82) is 0 Å². The monoisotopic (exact) mass is 636 g/mol. The van der Waals surface area contributed by atoms with Gasteiger partial charge in [0.2, 0.25) is 0 Å².